The van der Waals surface area contributed by atoms with Crippen molar-refractivity contribution in [2.75, 3.05) is 26.8 Å². The predicted molar refractivity (Wildman–Crippen MR) is 86.6 cm³/mol. The average Bonchev–Trinajstić information content (AvgIpc) is 3.20. The molecule has 0 spiro atoms. The third kappa shape index (κ3) is 2.91. The van der Waals surface area contributed by atoms with E-state index in [2.05, 4.69) is 20.2 Å². The number of hydrogen-bond acceptors (Lipinski definition) is 5. The number of hydrogen-bond donors (Lipinski definition) is 1. The van der Waals surface area contributed by atoms with Gasteiger partial charge in [-0.15, -0.1) is 0 Å². The van der Waals surface area contributed by atoms with E-state index in [9.17, 15) is 4.79 Å². The number of H-pyrrole nitrogens is 1. The van der Waals surface area contributed by atoms with Gasteiger partial charge in [0.2, 0.25) is 0 Å². The lowest BCUT2D eigenvalue weighted by molar-refractivity contribution is 0.0769. The molecular formula is C17H21N5O2. The van der Waals surface area contributed by atoms with Gasteiger partial charge in [0.1, 0.15) is 11.5 Å². The summed E-state index contributed by atoms with van der Waals surface area (Å²) in [6.07, 6.45) is 3.99. The van der Waals surface area contributed by atoms with E-state index in [0.717, 1.165) is 11.6 Å². The van der Waals surface area contributed by atoms with Gasteiger partial charge in [0.25, 0.3) is 5.91 Å². The van der Waals surface area contributed by atoms with Crippen molar-refractivity contribution in [1.82, 2.24) is 25.1 Å². The van der Waals surface area contributed by atoms with E-state index >= 15 is 0 Å². The molecule has 0 radical (unpaired) electrons. The fourth-order valence-electron chi connectivity index (χ4n) is 3.36. The minimum absolute atomic E-state index is 0.0406. The third-order valence-electron chi connectivity index (χ3n) is 4.81. The van der Waals surface area contributed by atoms with Gasteiger partial charge >= 0.3 is 0 Å². The smallest absolute Gasteiger partial charge is 0.272 e. The van der Waals surface area contributed by atoms with Crippen molar-refractivity contribution in [3.63, 3.8) is 0 Å². The maximum Gasteiger partial charge on any atom is 0.272 e. The quantitative estimate of drug-likeness (QED) is 0.901. The number of pyridine rings is 1. The van der Waals surface area contributed by atoms with E-state index in [4.69, 9.17) is 4.74 Å². The van der Waals surface area contributed by atoms with Crippen LogP contribution in [-0.2, 0) is 4.74 Å². The molecule has 1 N–H and O–H groups in total. The molecule has 7 heteroatoms. The number of amides is 1. The molecule has 2 aromatic rings. The Bertz CT molecular complexity index is 713. The summed E-state index contributed by atoms with van der Waals surface area (Å²) in [4.78, 5) is 23.4. The molecule has 2 aliphatic rings. The topological polar surface area (TPSA) is 84.0 Å². The molecule has 1 aliphatic heterocycles. The van der Waals surface area contributed by atoms with Gasteiger partial charge in [-0.2, -0.15) is 5.10 Å². The van der Waals surface area contributed by atoms with Gasteiger partial charge in [-0.05, 0) is 25.0 Å². The average molecular weight is 327 g/mol. The molecule has 2 aromatic heterocycles. The van der Waals surface area contributed by atoms with Gasteiger partial charge in [0.15, 0.2) is 5.82 Å². The molecular weight excluding hydrogens is 306 g/mol. The van der Waals surface area contributed by atoms with E-state index in [1.165, 1.54) is 12.8 Å². The molecule has 7 nitrogen and oxygen atoms in total. The highest BCUT2D eigenvalue weighted by Crippen LogP contribution is 2.39. The molecule has 126 valence electrons. The Morgan fingerprint density at radius 2 is 2.25 bits per heavy atom. The van der Waals surface area contributed by atoms with Gasteiger partial charge in [-0.25, -0.2) is 4.98 Å². The van der Waals surface area contributed by atoms with Gasteiger partial charge < -0.3 is 9.64 Å². The molecule has 24 heavy (non-hydrogen) atoms. The molecule has 2 atom stereocenters. The molecule has 3 heterocycles. The molecule has 0 unspecified atom stereocenters. The van der Waals surface area contributed by atoms with Crippen molar-refractivity contribution in [3.05, 3.63) is 41.7 Å². The van der Waals surface area contributed by atoms with Crippen LogP contribution in [0, 0.1) is 5.92 Å². The Morgan fingerprint density at radius 3 is 2.96 bits per heavy atom. The first kappa shape index (κ1) is 15.3. The van der Waals surface area contributed by atoms with Crippen LogP contribution >= 0.6 is 0 Å². The largest absolute Gasteiger partial charge is 0.384 e. The first-order chi connectivity index (χ1) is 11.8. The molecule has 1 amide bonds. The minimum atomic E-state index is -0.0406. The molecule has 1 saturated carbocycles. The lowest BCUT2D eigenvalue weighted by Crippen LogP contribution is -2.30. The summed E-state index contributed by atoms with van der Waals surface area (Å²) in [6, 6.07) is 5.39. The molecule has 0 bridgehead atoms. The van der Waals surface area contributed by atoms with Gasteiger partial charge in [-0.3, -0.25) is 14.9 Å². The van der Waals surface area contributed by atoms with Crippen LogP contribution in [-0.4, -0.2) is 57.8 Å². The van der Waals surface area contributed by atoms with E-state index in [1.54, 1.807) is 19.4 Å². The maximum absolute atomic E-state index is 12.7. The zero-order chi connectivity index (χ0) is 16.5. The number of rotatable bonds is 5. The summed E-state index contributed by atoms with van der Waals surface area (Å²) < 4.78 is 5.36. The number of aromatic nitrogens is 4. The second-order valence-electron chi connectivity index (χ2n) is 6.60. The minimum Gasteiger partial charge on any atom is -0.384 e. The van der Waals surface area contributed by atoms with Crippen molar-refractivity contribution < 1.29 is 9.53 Å². The lowest BCUT2D eigenvalue weighted by atomic mass is 9.96. The predicted octanol–water partition coefficient (Wildman–Crippen LogP) is 1.58. The zero-order valence-corrected chi connectivity index (χ0v) is 13.7. The number of nitrogens with zero attached hydrogens (tertiary/aromatic N) is 4. The molecule has 4 rings (SSSR count). The normalized spacial score (nSPS) is 23.6. The second-order valence-corrected chi connectivity index (χ2v) is 6.60. The van der Waals surface area contributed by atoms with Crippen LogP contribution in [0.25, 0.3) is 0 Å². The van der Waals surface area contributed by atoms with Crippen molar-refractivity contribution in [2.24, 2.45) is 5.92 Å². The Kier molecular flexibility index (Phi) is 4.02. The van der Waals surface area contributed by atoms with Gasteiger partial charge in [0, 0.05) is 44.1 Å². The van der Waals surface area contributed by atoms with E-state index in [0.29, 0.717) is 31.3 Å². The number of methoxy groups -OCH3 is 1. The Morgan fingerprint density at radius 1 is 1.38 bits per heavy atom. The Hall–Kier alpha value is -2.28. The molecule has 2 fully saturated rings. The fourth-order valence-corrected chi connectivity index (χ4v) is 3.36. The highest BCUT2D eigenvalue weighted by Gasteiger charge is 2.39. The van der Waals surface area contributed by atoms with E-state index < -0.39 is 0 Å². The summed E-state index contributed by atoms with van der Waals surface area (Å²) >= 11 is 0. The zero-order valence-electron chi connectivity index (χ0n) is 13.7. The standard InChI is InChI=1S/C17H21N5O2/c1-24-10-12-8-22(17(23)14-4-2-3-7-18-14)9-13(12)16-19-15(20-21-16)11-5-6-11/h2-4,7,11-13H,5-6,8-10H2,1H3,(H,19,20,21)/t12-,13+/m0/s1. The van der Waals surface area contributed by atoms with Crippen LogP contribution in [0.5, 0.6) is 0 Å². The number of ether oxygens (including phenoxy) is 1. The SMILES string of the molecule is COC[C@@H]1CN(C(=O)c2ccccn2)C[C@H]1c1nc(C2CC2)n[nH]1. The van der Waals surface area contributed by atoms with Crippen LogP contribution in [0.1, 0.15) is 46.8 Å². The third-order valence-corrected chi connectivity index (χ3v) is 4.81. The maximum atomic E-state index is 12.7. The van der Waals surface area contributed by atoms with Crippen LogP contribution in [0.3, 0.4) is 0 Å². The van der Waals surface area contributed by atoms with Crippen LogP contribution in [0.4, 0.5) is 0 Å². The summed E-state index contributed by atoms with van der Waals surface area (Å²) in [5.41, 5.74) is 0.477. The summed E-state index contributed by atoms with van der Waals surface area (Å²) in [5.74, 6) is 2.59. The van der Waals surface area contributed by atoms with Crippen LogP contribution in [0.15, 0.2) is 24.4 Å². The number of likely N-dealkylation sites (tertiary alicyclic amines) is 1. The highest BCUT2D eigenvalue weighted by atomic mass is 16.5. The first-order valence-corrected chi connectivity index (χ1v) is 8.37. The summed E-state index contributed by atoms with van der Waals surface area (Å²) in [6.45, 7) is 1.85. The number of carbonyl (C=O) groups excluding carboxylic acids is 1. The molecule has 1 saturated heterocycles. The van der Waals surface area contributed by atoms with E-state index in [1.807, 2.05) is 17.0 Å². The first-order valence-electron chi connectivity index (χ1n) is 8.37. The Labute approximate surface area is 140 Å². The van der Waals surface area contributed by atoms with Crippen LogP contribution in [0.2, 0.25) is 0 Å². The van der Waals surface area contributed by atoms with Crippen molar-refractivity contribution in [3.8, 4) is 0 Å². The number of nitrogens with one attached hydrogen (secondary N) is 1. The summed E-state index contributed by atoms with van der Waals surface area (Å²) in [5, 5.41) is 7.44. The lowest BCUT2D eigenvalue weighted by Gasteiger charge is -2.15. The number of carbonyl (C=O) groups is 1. The van der Waals surface area contributed by atoms with Crippen molar-refractivity contribution >= 4 is 5.91 Å². The van der Waals surface area contributed by atoms with Gasteiger partial charge in [0.05, 0.1) is 6.61 Å². The van der Waals surface area contributed by atoms with Crippen molar-refractivity contribution in [1.29, 1.82) is 0 Å². The van der Waals surface area contributed by atoms with Gasteiger partial charge in [-0.1, -0.05) is 6.07 Å². The number of aromatic amines is 1. The fraction of sp³-hybridized carbons (Fsp3) is 0.529. The molecule has 0 aromatic carbocycles. The second kappa shape index (κ2) is 6.32. The summed E-state index contributed by atoms with van der Waals surface area (Å²) in [7, 11) is 1.69. The van der Waals surface area contributed by atoms with E-state index in [-0.39, 0.29) is 17.7 Å². The van der Waals surface area contributed by atoms with Crippen molar-refractivity contribution in [2.45, 2.75) is 24.7 Å². The monoisotopic (exact) mass is 327 g/mol. The highest BCUT2D eigenvalue weighted by molar-refractivity contribution is 5.92. The van der Waals surface area contributed by atoms with Crippen LogP contribution < -0.4 is 0 Å². The molecule has 1 aliphatic carbocycles. The Balaban J connectivity index is 1.53.